The molecule has 0 radical (unpaired) electrons. The highest BCUT2D eigenvalue weighted by molar-refractivity contribution is 7.89. The third kappa shape index (κ3) is 2.64. The summed E-state index contributed by atoms with van der Waals surface area (Å²) in [6.45, 7) is 0. The number of hydrogen-bond donors (Lipinski definition) is 3. The Morgan fingerprint density at radius 3 is 3.00 bits per heavy atom. The normalized spacial score (nSPS) is 12.9. The van der Waals surface area contributed by atoms with Crippen molar-refractivity contribution in [3.63, 3.8) is 0 Å². The van der Waals surface area contributed by atoms with Gasteiger partial charge in [-0.1, -0.05) is 0 Å². The molecule has 0 aliphatic rings. The van der Waals surface area contributed by atoms with E-state index in [4.69, 9.17) is 11.5 Å². The molecule has 8 heteroatoms. The number of carbonyl (C=O) groups is 1. The maximum atomic E-state index is 12.2. The molecule has 2 aromatic rings. The summed E-state index contributed by atoms with van der Waals surface area (Å²) < 4.78 is 26.5. The van der Waals surface area contributed by atoms with E-state index in [0.717, 1.165) is 0 Å². The number of carboxylic acid groups (broad SMARTS) is 1. The molecular formula is C12H11N3O4S. The summed E-state index contributed by atoms with van der Waals surface area (Å²) in [4.78, 5) is 17.6. The summed E-state index contributed by atoms with van der Waals surface area (Å²) in [5.41, 5.74) is 0.400. The number of pyridine rings is 1. The van der Waals surface area contributed by atoms with E-state index in [2.05, 4.69) is 20.6 Å². The van der Waals surface area contributed by atoms with Crippen LogP contribution in [0, 0.1) is 12.3 Å². The summed E-state index contributed by atoms with van der Waals surface area (Å²) in [6, 6.07) is 1.79. The van der Waals surface area contributed by atoms with Crippen LogP contribution in [0.25, 0.3) is 11.0 Å². The number of aromatic amines is 1. The first-order valence-electron chi connectivity index (χ1n) is 5.56. The van der Waals surface area contributed by atoms with Crippen LogP contribution in [0.2, 0.25) is 0 Å². The lowest BCUT2D eigenvalue weighted by molar-refractivity contribution is -0.138. The van der Waals surface area contributed by atoms with Crippen LogP contribution >= 0.6 is 0 Å². The number of aromatic nitrogens is 2. The van der Waals surface area contributed by atoms with Gasteiger partial charge in [0.05, 0.1) is 0 Å². The number of fused-ring (bicyclic) bond motifs is 1. The minimum absolute atomic E-state index is 0.0659. The Morgan fingerprint density at radius 2 is 2.35 bits per heavy atom. The highest BCUT2D eigenvalue weighted by atomic mass is 32.2. The Bertz CT molecular complexity index is 788. The first kappa shape index (κ1) is 14.0. The van der Waals surface area contributed by atoms with Gasteiger partial charge in [0.2, 0.25) is 10.0 Å². The number of rotatable bonds is 5. The van der Waals surface area contributed by atoms with Gasteiger partial charge < -0.3 is 10.1 Å². The van der Waals surface area contributed by atoms with E-state index in [9.17, 15) is 13.2 Å². The number of terminal acetylenes is 1. The zero-order chi connectivity index (χ0) is 14.8. The highest BCUT2D eigenvalue weighted by Gasteiger charge is 2.26. The Labute approximate surface area is 115 Å². The molecule has 0 bridgehead atoms. The number of nitrogens with one attached hydrogen (secondary N) is 2. The maximum Gasteiger partial charge on any atom is 0.322 e. The highest BCUT2D eigenvalue weighted by Crippen LogP contribution is 2.20. The molecule has 0 aromatic carbocycles. The molecule has 2 rings (SSSR count). The molecule has 2 heterocycles. The van der Waals surface area contributed by atoms with Crippen LogP contribution in [0.4, 0.5) is 0 Å². The molecule has 0 fully saturated rings. The Balaban J connectivity index is 2.40. The average Bonchev–Trinajstić information content (AvgIpc) is 2.82. The lowest BCUT2D eigenvalue weighted by Gasteiger charge is -2.11. The van der Waals surface area contributed by atoms with E-state index in [1.165, 1.54) is 12.4 Å². The van der Waals surface area contributed by atoms with E-state index in [1.54, 1.807) is 12.1 Å². The van der Waals surface area contributed by atoms with Gasteiger partial charge in [-0.05, 0) is 12.1 Å². The lowest BCUT2D eigenvalue weighted by Crippen LogP contribution is -2.40. The van der Waals surface area contributed by atoms with Crippen molar-refractivity contribution in [2.75, 3.05) is 0 Å². The van der Waals surface area contributed by atoms with Crippen molar-refractivity contribution >= 4 is 27.0 Å². The summed E-state index contributed by atoms with van der Waals surface area (Å²) in [6.07, 6.45) is 7.56. The number of sulfonamides is 1. The molecule has 2 aromatic heterocycles. The van der Waals surface area contributed by atoms with Crippen LogP contribution in [0.5, 0.6) is 0 Å². The number of H-pyrrole nitrogens is 1. The summed E-state index contributed by atoms with van der Waals surface area (Å²) in [7, 11) is -4.01. The van der Waals surface area contributed by atoms with Crippen LogP contribution in [-0.2, 0) is 14.8 Å². The molecule has 0 saturated heterocycles. The molecule has 1 unspecified atom stereocenters. The Hall–Kier alpha value is -2.37. The van der Waals surface area contributed by atoms with Crippen molar-refractivity contribution in [1.29, 1.82) is 0 Å². The SMILES string of the molecule is C#CCC(NS(=O)(=O)c1c[nH]c2ncccc12)C(=O)O. The lowest BCUT2D eigenvalue weighted by atomic mass is 10.2. The van der Waals surface area contributed by atoms with Crippen LogP contribution < -0.4 is 4.72 Å². The predicted molar refractivity (Wildman–Crippen MR) is 71.3 cm³/mol. The topological polar surface area (TPSA) is 112 Å². The van der Waals surface area contributed by atoms with Gasteiger partial charge in [0, 0.05) is 24.2 Å². The largest absolute Gasteiger partial charge is 0.480 e. The smallest absolute Gasteiger partial charge is 0.322 e. The monoisotopic (exact) mass is 293 g/mol. The van der Waals surface area contributed by atoms with Crippen molar-refractivity contribution in [1.82, 2.24) is 14.7 Å². The van der Waals surface area contributed by atoms with Crippen LogP contribution in [0.1, 0.15) is 6.42 Å². The number of nitrogens with zero attached hydrogens (tertiary/aromatic N) is 1. The third-order valence-electron chi connectivity index (χ3n) is 2.62. The van der Waals surface area contributed by atoms with Crippen LogP contribution in [0.15, 0.2) is 29.4 Å². The second-order valence-corrected chi connectivity index (χ2v) is 5.66. The molecule has 1 atom stereocenters. The van der Waals surface area contributed by atoms with Gasteiger partial charge in [-0.3, -0.25) is 4.79 Å². The second-order valence-electron chi connectivity index (χ2n) is 3.97. The summed E-state index contributed by atoms with van der Waals surface area (Å²) in [5.74, 6) is 0.797. The minimum atomic E-state index is -4.01. The van der Waals surface area contributed by atoms with Crippen molar-refractivity contribution in [3.8, 4) is 12.3 Å². The Kier molecular flexibility index (Phi) is 3.74. The van der Waals surface area contributed by atoms with Gasteiger partial charge in [-0.15, -0.1) is 12.3 Å². The van der Waals surface area contributed by atoms with Crippen molar-refractivity contribution < 1.29 is 18.3 Å². The zero-order valence-corrected chi connectivity index (χ0v) is 11.0. The molecule has 3 N–H and O–H groups in total. The zero-order valence-electron chi connectivity index (χ0n) is 10.2. The molecule has 0 aliphatic carbocycles. The molecule has 0 aliphatic heterocycles. The van der Waals surface area contributed by atoms with Gasteiger partial charge in [-0.25, -0.2) is 13.4 Å². The number of hydrogen-bond acceptors (Lipinski definition) is 4. The molecule has 0 amide bonds. The van der Waals surface area contributed by atoms with E-state index in [1.807, 2.05) is 0 Å². The van der Waals surface area contributed by atoms with Crippen molar-refractivity contribution in [2.45, 2.75) is 17.4 Å². The van der Waals surface area contributed by atoms with Gasteiger partial charge in [0.15, 0.2) is 0 Å². The molecule has 104 valence electrons. The van der Waals surface area contributed by atoms with Crippen molar-refractivity contribution in [3.05, 3.63) is 24.5 Å². The molecule has 0 saturated carbocycles. The standard InChI is InChI=1S/C12H11N3O4S/c1-2-4-9(12(16)17)15-20(18,19)10-7-14-11-8(10)5-3-6-13-11/h1,3,5-7,9,15H,4H2,(H,13,14)(H,16,17). The van der Waals surface area contributed by atoms with E-state index >= 15 is 0 Å². The minimum Gasteiger partial charge on any atom is -0.480 e. The van der Waals surface area contributed by atoms with Gasteiger partial charge >= 0.3 is 5.97 Å². The maximum absolute atomic E-state index is 12.2. The van der Waals surface area contributed by atoms with Gasteiger partial charge in [0.25, 0.3) is 0 Å². The number of aliphatic carboxylic acids is 1. The first-order valence-corrected chi connectivity index (χ1v) is 7.04. The van der Waals surface area contributed by atoms with E-state index in [-0.39, 0.29) is 11.3 Å². The molecule has 0 spiro atoms. The van der Waals surface area contributed by atoms with Crippen LogP contribution in [0.3, 0.4) is 0 Å². The Morgan fingerprint density at radius 1 is 1.60 bits per heavy atom. The molecule has 7 nitrogen and oxygen atoms in total. The van der Waals surface area contributed by atoms with Crippen LogP contribution in [-0.4, -0.2) is 35.5 Å². The summed E-state index contributed by atoms with van der Waals surface area (Å²) >= 11 is 0. The van der Waals surface area contributed by atoms with Gasteiger partial charge in [0.1, 0.15) is 16.6 Å². The fraction of sp³-hybridized carbons (Fsp3) is 0.167. The fourth-order valence-corrected chi connectivity index (χ4v) is 3.06. The quantitative estimate of drug-likeness (QED) is 0.687. The van der Waals surface area contributed by atoms with E-state index in [0.29, 0.717) is 11.0 Å². The first-order chi connectivity index (χ1) is 9.45. The van der Waals surface area contributed by atoms with Gasteiger partial charge in [-0.2, -0.15) is 4.72 Å². The second kappa shape index (κ2) is 5.32. The predicted octanol–water partition coefficient (Wildman–Crippen LogP) is 0.318. The number of carboxylic acids is 1. The average molecular weight is 293 g/mol. The summed E-state index contributed by atoms with van der Waals surface area (Å²) in [5, 5.41) is 9.32. The molecular weight excluding hydrogens is 282 g/mol. The third-order valence-corrected chi connectivity index (χ3v) is 4.13. The molecule has 20 heavy (non-hydrogen) atoms. The van der Waals surface area contributed by atoms with Crippen molar-refractivity contribution in [2.24, 2.45) is 0 Å². The van der Waals surface area contributed by atoms with E-state index < -0.39 is 22.0 Å². The fourth-order valence-electron chi connectivity index (χ4n) is 1.70.